The highest BCUT2D eigenvalue weighted by molar-refractivity contribution is 9.09. The Morgan fingerprint density at radius 3 is 2.25 bits per heavy atom. The summed E-state index contributed by atoms with van der Waals surface area (Å²) in [6.45, 7) is 4.19. The van der Waals surface area contributed by atoms with Gasteiger partial charge in [0.1, 0.15) is 5.75 Å². The van der Waals surface area contributed by atoms with Gasteiger partial charge in [0, 0.05) is 4.90 Å². The molecule has 106 valence electrons. The Balaban J connectivity index is 2.46. The van der Waals surface area contributed by atoms with Gasteiger partial charge in [-0.1, -0.05) is 46.3 Å². The predicted molar refractivity (Wildman–Crippen MR) is 91.5 cm³/mol. The number of methoxy groups -OCH3 is 1. The molecule has 0 saturated carbocycles. The molecule has 1 nitrogen and oxygen atoms in total. The molecule has 0 radical (unpaired) electrons. The molecule has 0 aliphatic heterocycles. The summed E-state index contributed by atoms with van der Waals surface area (Å²) in [6, 6.07) is 12.9. The van der Waals surface area contributed by atoms with Gasteiger partial charge < -0.3 is 4.74 Å². The minimum Gasteiger partial charge on any atom is -0.496 e. The molecule has 0 saturated heterocycles. The maximum absolute atomic E-state index is 5.44. The summed E-state index contributed by atoms with van der Waals surface area (Å²) < 4.78 is 5.44. The fourth-order valence-electron chi connectivity index (χ4n) is 2.51. The van der Waals surface area contributed by atoms with Gasteiger partial charge in [0.05, 0.1) is 11.9 Å². The summed E-state index contributed by atoms with van der Waals surface area (Å²) in [4.78, 5) is 1.51. The molecule has 0 aromatic heterocycles. The van der Waals surface area contributed by atoms with Crippen molar-refractivity contribution in [1.29, 1.82) is 0 Å². The van der Waals surface area contributed by atoms with E-state index < -0.39 is 0 Å². The van der Waals surface area contributed by atoms with Crippen molar-refractivity contribution in [3.05, 3.63) is 58.7 Å². The second-order valence-electron chi connectivity index (χ2n) is 4.79. The molecule has 2 aromatic carbocycles. The van der Waals surface area contributed by atoms with E-state index in [9.17, 15) is 0 Å². The third-order valence-electron chi connectivity index (χ3n) is 3.39. The van der Waals surface area contributed by atoms with Crippen molar-refractivity contribution in [2.24, 2.45) is 0 Å². The molecule has 0 aliphatic rings. The number of aryl methyl sites for hydroxylation is 2. The van der Waals surface area contributed by atoms with Crippen LogP contribution >= 0.6 is 27.7 Å². The number of halogens is 1. The highest BCUT2D eigenvalue weighted by atomic mass is 79.9. The van der Waals surface area contributed by atoms with Gasteiger partial charge in [-0.15, -0.1) is 11.8 Å². The molecule has 0 aliphatic carbocycles. The molecule has 1 unspecified atom stereocenters. The van der Waals surface area contributed by atoms with Crippen LogP contribution in [0.2, 0.25) is 0 Å². The molecule has 2 rings (SSSR count). The van der Waals surface area contributed by atoms with Crippen LogP contribution in [-0.4, -0.2) is 13.4 Å². The van der Waals surface area contributed by atoms with E-state index in [0.717, 1.165) is 5.75 Å². The molecule has 1 atom stereocenters. The highest BCUT2D eigenvalue weighted by Crippen LogP contribution is 2.38. The lowest BCUT2D eigenvalue weighted by molar-refractivity contribution is 0.408. The third kappa shape index (κ3) is 3.04. The summed E-state index contributed by atoms with van der Waals surface area (Å²) in [7, 11) is 1.73. The Morgan fingerprint density at radius 2 is 1.70 bits per heavy atom. The van der Waals surface area contributed by atoms with Crippen LogP contribution in [0.5, 0.6) is 5.75 Å². The Hall–Kier alpha value is -0.930. The van der Waals surface area contributed by atoms with Gasteiger partial charge in [0.2, 0.25) is 0 Å². The normalized spacial score (nSPS) is 12.2. The zero-order valence-electron chi connectivity index (χ0n) is 12.2. The van der Waals surface area contributed by atoms with E-state index in [1.54, 1.807) is 18.9 Å². The monoisotopic (exact) mass is 350 g/mol. The van der Waals surface area contributed by atoms with Crippen LogP contribution in [0, 0.1) is 13.8 Å². The van der Waals surface area contributed by atoms with Crippen LogP contribution in [0.25, 0.3) is 0 Å². The Morgan fingerprint density at radius 1 is 1.10 bits per heavy atom. The summed E-state index contributed by atoms with van der Waals surface area (Å²) in [5.41, 5.74) is 4.92. The van der Waals surface area contributed by atoms with Crippen molar-refractivity contribution in [3.8, 4) is 5.75 Å². The van der Waals surface area contributed by atoms with Gasteiger partial charge in [-0.3, -0.25) is 0 Å². The van der Waals surface area contributed by atoms with Gasteiger partial charge in [-0.25, -0.2) is 0 Å². The van der Waals surface area contributed by atoms with E-state index in [0.29, 0.717) is 0 Å². The molecule has 0 N–H and O–H groups in total. The minimum atomic E-state index is 0.203. The molecule has 20 heavy (non-hydrogen) atoms. The van der Waals surface area contributed by atoms with E-state index in [4.69, 9.17) is 4.74 Å². The van der Waals surface area contributed by atoms with Crippen molar-refractivity contribution in [2.75, 3.05) is 13.4 Å². The molecule has 0 spiro atoms. The number of alkyl halides is 1. The maximum Gasteiger partial charge on any atom is 0.124 e. The lowest BCUT2D eigenvalue weighted by Gasteiger charge is -2.17. The topological polar surface area (TPSA) is 9.23 Å². The van der Waals surface area contributed by atoms with Gasteiger partial charge >= 0.3 is 0 Å². The summed E-state index contributed by atoms with van der Waals surface area (Å²) in [5.74, 6) is 0.978. The van der Waals surface area contributed by atoms with Gasteiger partial charge in [0.15, 0.2) is 0 Å². The zero-order valence-corrected chi connectivity index (χ0v) is 14.6. The molecule has 0 heterocycles. The average molecular weight is 351 g/mol. The van der Waals surface area contributed by atoms with Crippen LogP contribution in [0.1, 0.15) is 27.1 Å². The Labute approximate surface area is 133 Å². The first kappa shape index (κ1) is 15.5. The van der Waals surface area contributed by atoms with Crippen LogP contribution in [-0.2, 0) is 0 Å². The molecule has 0 fully saturated rings. The van der Waals surface area contributed by atoms with Crippen LogP contribution in [0.4, 0.5) is 0 Å². The minimum absolute atomic E-state index is 0.203. The Bertz CT molecular complexity index is 587. The maximum atomic E-state index is 5.44. The summed E-state index contributed by atoms with van der Waals surface area (Å²) in [5, 5.41) is 0. The lowest BCUT2D eigenvalue weighted by atomic mass is 9.99. The van der Waals surface area contributed by atoms with Crippen LogP contribution in [0.15, 0.2) is 41.3 Å². The van der Waals surface area contributed by atoms with Gasteiger partial charge in [0.25, 0.3) is 0 Å². The van der Waals surface area contributed by atoms with Crippen molar-refractivity contribution in [3.63, 3.8) is 0 Å². The zero-order chi connectivity index (χ0) is 14.7. The fraction of sp³-hybridized carbons (Fsp3) is 0.294. The third-order valence-corrected chi connectivity index (χ3v) is 5.22. The van der Waals surface area contributed by atoms with E-state index in [1.807, 2.05) is 0 Å². The van der Waals surface area contributed by atoms with Gasteiger partial charge in [-0.05, 0) is 48.4 Å². The van der Waals surface area contributed by atoms with Gasteiger partial charge in [-0.2, -0.15) is 0 Å². The first-order valence-electron chi connectivity index (χ1n) is 6.50. The number of hydrogen-bond acceptors (Lipinski definition) is 2. The van der Waals surface area contributed by atoms with E-state index in [2.05, 4.69) is 72.4 Å². The van der Waals surface area contributed by atoms with Crippen molar-refractivity contribution in [2.45, 2.75) is 23.6 Å². The molecular weight excluding hydrogens is 332 g/mol. The Kier molecular flexibility index (Phi) is 5.17. The molecule has 0 bridgehead atoms. The van der Waals surface area contributed by atoms with Crippen LogP contribution < -0.4 is 4.74 Å². The molecule has 0 amide bonds. The standard InChI is InChI=1S/C17H19BrOS/c1-11-9-13(10-12(2)17(11)19-3)16(18)14-7-5-6-8-15(14)20-4/h5-10,16H,1-4H3. The van der Waals surface area contributed by atoms with E-state index >= 15 is 0 Å². The number of thioether (sulfide) groups is 1. The number of benzene rings is 2. The summed E-state index contributed by atoms with van der Waals surface area (Å²) >= 11 is 5.63. The molecule has 2 aromatic rings. The smallest absolute Gasteiger partial charge is 0.124 e. The number of hydrogen-bond donors (Lipinski definition) is 0. The lowest BCUT2D eigenvalue weighted by Crippen LogP contribution is -1.99. The fourth-order valence-corrected chi connectivity index (χ4v) is 3.96. The second kappa shape index (κ2) is 6.68. The van der Waals surface area contributed by atoms with E-state index in [-0.39, 0.29) is 4.83 Å². The first-order chi connectivity index (χ1) is 9.58. The molecule has 3 heteroatoms. The predicted octanol–water partition coefficient (Wildman–Crippen LogP) is 5.52. The largest absolute Gasteiger partial charge is 0.496 e. The van der Waals surface area contributed by atoms with Crippen molar-refractivity contribution >= 4 is 27.7 Å². The number of rotatable bonds is 4. The van der Waals surface area contributed by atoms with E-state index in [1.165, 1.54) is 27.1 Å². The van der Waals surface area contributed by atoms with Crippen molar-refractivity contribution < 1.29 is 4.74 Å². The second-order valence-corrected chi connectivity index (χ2v) is 6.56. The van der Waals surface area contributed by atoms with Crippen molar-refractivity contribution in [1.82, 2.24) is 0 Å². The summed E-state index contributed by atoms with van der Waals surface area (Å²) in [6.07, 6.45) is 2.11. The number of ether oxygens (including phenoxy) is 1. The average Bonchev–Trinajstić information content (AvgIpc) is 2.46. The first-order valence-corrected chi connectivity index (χ1v) is 8.64. The SMILES string of the molecule is COc1c(C)cc(C(Br)c2ccccc2SC)cc1C. The quantitative estimate of drug-likeness (QED) is 0.530. The van der Waals surface area contributed by atoms with Crippen LogP contribution in [0.3, 0.4) is 0 Å². The molecular formula is C17H19BrOS. The highest BCUT2D eigenvalue weighted by Gasteiger charge is 2.16.